The van der Waals surface area contributed by atoms with Crippen molar-refractivity contribution < 1.29 is 9.66 Å². The lowest BCUT2D eigenvalue weighted by Gasteiger charge is -2.06. The second kappa shape index (κ2) is 5.37. The van der Waals surface area contributed by atoms with E-state index in [0.29, 0.717) is 16.5 Å². The summed E-state index contributed by atoms with van der Waals surface area (Å²) < 4.78 is 6.30. The summed E-state index contributed by atoms with van der Waals surface area (Å²) in [4.78, 5) is 10.0. The van der Waals surface area contributed by atoms with Gasteiger partial charge in [-0.25, -0.2) is 0 Å². The van der Waals surface area contributed by atoms with Crippen molar-refractivity contribution in [3.05, 3.63) is 62.1 Å². The molecule has 92 valence electrons. The van der Waals surface area contributed by atoms with Crippen LogP contribution in [0.3, 0.4) is 0 Å². The van der Waals surface area contributed by atoms with E-state index in [0.717, 1.165) is 4.47 Å². The standard InChI is InChI=1S/C12H7BrClNO3/c13-11-6-5-10(7-12(11)14)18-9-3-1-8(2-4-9)15(16)17/h1-7H. The highest BCUT2D eigenvalue weighted by atomic mass is 79.9. The van der Waals surface area contributed by atoms with Gasteiger partial charge in [0.15, 0.2) is 0 Å². The number of halogens is 2. The molecule has 0 aliphatic carbocycles. The molecule has 0 amide bonds. The van der Waals surface area contributed by atoms with Crippen molar-refractivity contribution in [2.45, 2.75) is 0 Å². The largest absolute Gasteiger partial charge is 0.457 e. The van der Waals surface area contributed by atoms with Crippen molar-refractivity contribution in [3.8, 4) is 11.5 Å². The van der Waals surface area contributed by atoms with Crippen LogP contribution in [-0.4, -0.2) is 4.92 Å². The summed E-state index contributed by atoms with van der Waals surface area (Å²) in [6.07, 6.45) is 0. The number of non-ortho nitro benzene ring substituents is 1. The molecule has 2 rings (SSSR count). The first kappa shape index (κ1) is 12.9. The van der Waals surface area contributed by atoms with Crippen LogP contribution in [-0.2, 0) is 0 Å². The molecule has 4 nitrogen and oxygen atoms in total. The molecule has 0 saturated carbocycles. The molecule has 0 N–H and O–H groups in total. The zero-order valence-electron chi connectivity index (χ0n) is 8.97. The lowest BCUT2D eigenvalue weighted by Crippen LogP contribution is -1.88. The average molecular weight is 329 g/mol. The molecule has 2 aromatic rings. The molecule has 0 bridgehead atoms. The van der Waals surface area contributed by atoms with Crippen LogP contribution < -0.4 is 4.74 Å². The molecule has 0 fully saturated rings. The molecule has 0 aliphatic rings. The summed E-state index contributed by atoms with van der Waals surface area (Å²) in [6.45, 7) is 0. The van der Waals surface area contributed by atoms with Gasteiger partial charge >= 0.3 is 0 Å². The number of hydrogen-bond donors (Lipinski definition) is 0. The van der Waals surface area contributed by atoms with Gasteiger partial charge in [0.2, 0.25) is 0 Å². The number of nitro groups is 1. The third-order valence-corrected chi connectivity index (χ3v) is 3.41. The lowest BCUT2D eigenvalue weighted by atomic mass is 10.3. The maximum absolute atomic E-state index is 10.5. The van der Waals surface area contributed by atoms with E-state index in [2.05, 4.69) is 15.9 Å². The maximum atomic E-state index is 10.5. The molecule has 0 heterocycles. The van der Waals surface area contributed by atoms with Gasteiger partial charge < -0.3 is 4.74 Å². The van der Waals surface area contributed by atoms with Crippen LogP contribution in [0.5, 0.6) is 11.5 Å². The van der Waals surface area contributed by atoms with Gasteiger partial charge in [-0.3, -0.25) is 10.1 Å². The summed E-state index contributed by atoms with van der Waals surface area (Å²) in [6, 6.07) is 11.0. The minimum atomic E-state index is -0.458. The van der Waals surface area contributed by atoms with Crippen LogP contribution in [0.4, 0.5) is 5.69 Å². The highest BCUT2D eigenvalue weighted by Crippen LogP contribution is 2.30. The summed E-state index contributed by atoms with van der Waals surface area (Å²) in [5.41, 5.74) is 0.0242. The van der Waals surface area contributed by atoms with Crippen LogP contribution in [0.25, 0.3) is 0 Å². The summed E-state index contributed by atoms with van der Waals surface area (Å²) in [5.74, 6) is 1.08. The van der Waals surface area contributed by atoms with E-state index in [9.17, 15) is 10.1 Å². The van der Waals surface area contributed by atoms with Gasteiger partial charge in [-0.1, -0.05) is 11.6 Å². The number of hydrogen-bond acceptors (Lipinski definition) is 3. The Labute approximate surface area is 116 Å². The molecule has 0 saturated heterocycles. The molecule has 0 unspecified atom stereocenters. The first-order valence-corrected chi connectivity index (χ1v) is 6.11. The fraction of sp³-hybridized carbons (Fsp3) is 0. The number of rotatable bonds is 3. The fourth-order valence-corrected chi connectivity index (χ4v) is 1.73. The second-order valence-electron chi connectivity index (χ2n) is 3.43. The van der Waals surface area contributed by atoms with E-state index in [-0.39, 0.29) is 5.69 Å². The first-order chi connectivity index (χ1) is 8.56. The Hall–Kier alpha value is -1.59. The van der Waals surface area contributed by atoms with Crippen molar-refractivity contribution in [2.75, 3.05) is 0 Å². The van der Waals surface area contributed by atoms with E-state index in [1.165, 1.54) is 24.3 Å². The Bertz CT molecular complexity index is 586. The zero-order chi connectivity index (χ0) is 13.1. The molecular formula is C12H7BrClNO3. The number of ether oxygens (including phenoxy) is 1. The number of nitrogens with zero attached hydrogens (tertiary/aromatic N) is 1. The van der Waals surface area contributed by atoms with E-state index in [1.54, 1.807) is 18.2 Å². The Balaban J connectivity index is 2.18. The van der Waals surface area contributed by atoms with E-state index in [1.807, 2.05) is 0 Å². The highest BCUT2D eigenvalue weighted by Gasteiger charge is 2.06. The molecule has 0 aliphatic heterocycles. The quantitative estimate of drug-likeness (QED) is 0.600. The Morgan fingerprint density at radius 1 is 1.11 bits per heavy atom. The van der Waals surface area contributed by atoms with Crippen molar-refractivity contribution in [1.82, 2.24) is 0 Å². The minimum Gasteiger partial charge on any atom is -0.457 e. The summed E-state index contributed by atoms with van der Waals surface area (Å²) in [7, 11) is 0. The van der Waals surface area contributed by atoms with Gasteiger partial charge in [-0.15, -0.1) is 0 Å². The van der Waals surface area contributed by atoms with Gasteiger partial charge in [0.1, 0.15) is 11.5 Å². The van der Waals surface area contributed by atoms with Crippen molar-refractivity contribution in [3.63, 3.8) is 0 Å². The van der Waals surface area contributed by atoms with E-state index < -0.39 is 4.92 Å². The number of benzene rings is 2. The van der Waals surface area contributed by atoms with Gasteiger partial charge in [0.05, 0.1) is 9.95 Å². The van der Waals surface area contributed by atoms with Crippen molar-refractivity contribution in [1.29, 1.82) is 0 Å². The topological polar surface area (TPSA) is 52.4 Å². The van der Waals surface area contributed by atoms with Crippen LogP contribution in [0.15, 0.2) is 46.9 Å². The Morgan fingerprint density at radius 2 is 1.72 bits per heavy atom. The molecule has 18 heavy (non-hydrogen) atoms. The van der Waals surface area contributed by atoms with E-state index >= 15 is 0 Å². The molecule has 6 heteroatoms. The fourth-order valence-electron chi connectivity index (χ4n) is 1.31. The summed E-state index contributed by atoms with van der Waals surface area (Å²) in [5, 5.41) is 11.0. The molecule has 0 spiro atoms. The maximum Gasteiger partial charge on any atom is 0.269 e. The minimum absolute atomic E-state index is 0.0242. The molecule has 2 aromatic carbocycles. The third kappa shape index (κ3) is 3.00. The molecular weight excluding hydrogens is 321 g/mol. The van der Waals surface area contributed by atoms with Crippen LogP contribution >= 0.6 is 27.5 Å². The van der Waals surface area contributed by atoms with Gasteiger partial charge in [0, 0.05) is 22.7 Å². The Kier molecular flexibility index (Phi) is 3.84. The second-order valence-corrected chi connectivity index (χ2v) is 4.69. The van der Waals surface area contributed by atoms with Crippen molar-refractivity contribution in [2.24, 2.45) is 0 Å². The van der Waals surface area contributed by atoms with Crippen LogP contribution in [0, 0.1) is 10.1 Å². The van der Waals surface area contributed by atoms with Gasteiger partial charge in [0.25, 0.3) is 5.69 Å². The molecule has 0 radical (unpaired) electrons. The van der Waals surface area contributed by atoms with E-state index in [4.69, 9.17) is 16.3 Å². The van der Waals surface area contributed by atoms with Crippen LogP contribution in [0.2, 0.25) is 5.02 Å². The molecule has 0 atom stereocenters. The molecule has 0 aromatic heterocycles. The predicted molar refractivity (Wildman–Crippen MR) is 72.3 cm³/mol. The summed E-state index contributed by atoms with van der Waals surface area (Å²) >= 11 is 9.21. The van der Waals surface area contributed by atoms with Gasteiger partial charge in [-0.2, -0.15) is 0 Å². The third-order valence-electron chi connectivity index (χ3n) is 2.17. The van der Waals surface area contributed by atoms with Crippen molar-refractivity contribution >= 4 is 33.2 Å². The normalized spacial score (nSPS) is 10.1. The SMILES string of the molecule is O=[N+]([O-])c1ccc(Oc2ccc(Br)c(Cl)c2)cc1. The monoisotopic (exact) mass is 327 g/mol. The highest BCUT2D eigenvalue weighted by molar-refractivity contribution is 9.10. The lowest BCUT2D eigenvalue weighted by molar-refractivity contribution is -0.384. The number of nitro benzene ring substituents is 1. The first-order valence-electron chi connectivity index (χ1n) is 4.93. The van der Waals surface area contributed by atoms with Gasteiger partial charge in [-0.05, 0) is 40.2 Å². The average Bonchev–Trinajstić information content (AvgIpc) is 2.34. The smallest absolute Gasteiger partial charge is 0.269 e. The predicted octanol–water partition coefficient (Wildman–Crippen LogP) is 4.80. The Morgan fingerprint density at radius 3 is 2.28 bits per heavy atom. The zero-order valence-corrected chi connectivity index (χ0v) is 11.3. The van der Waals surface area contributed by atoms with Crippen LogP contribution in [0.1, 0.15) is 0 Å².